The van der Waals surface area contributed by atoms with Gasteiger partial charge in [0, 0.05) is 49.9 Å². The van der Waals surface area contributed by atoms with Gasteiger partial charge in [-0.2, -0.15) is 5.10 Å². The Labute approximate surface area is 277 Å². The molecule has 11 heteroatoms. The number of hydrogen-bond donors (Lipinski definition) is 4. The normalized spacial score (nSPS) is 21.0. The lowest BCUT2D eigenvalue weighted by Gasteiger charge is -2.25. The molecule has 0 saturated carbocycles. The maximum Gasteiger partial charge on any atom is 0.251 e. The lowest BCUT2D eigenvalue weighted by atomic mass is 10.0. The van der Waals surface area contributed by atoms with Crippen LogP contribution in [0, 0.1) is 12.8 Å². The molecule has 1 aromatic heterocycles. The van der Waals surface area contributed by atoms with E-state index in [0.717, 1.165) is 41.8 Å². The maximum atomic E-state index is 13.7. The fourth-order valence-corrected chi connectivity index (χ4v) is 5.65. The largest absolute Gasteiger partial charge is 0.354 e. The first-order valence-electron chi connectivity index (χ1n) is 16.5. The van der Waals surface area contributed by atoms with Crippen LogP contribution in [0.1, 0.15) is 72.8 Å². The van der Waals surface area contributed by atoms with Gasteiger partial charge in [-0.15, -0.1) is 0 Å². The number of nitrogens with one attached hydrogen (secondary N) is 4. The van der Waals surface area contributed by atoms with E-state index in [0.29, 0.717) is 31.6 Å². The first kappa shape index (κ1) is 35.3. The van der Waals surface area contributed by atoms with Gasteiger partial charge < -0.3 is 21.3 Å². The molecule has 11 nitrogen and oxygen atoms in total. The highest BCUT2D eigenvalue weighted by Gasteiger charge is 2.29. The lowest BCUT2D eigenvalue weighted by molar-refractivity contribution is -0.132. The Morgan fingerprint density at radius 2 is 1.57 bits per heavy atom. The van der Waals surface area contributed by atoms with Crippen molar-refractivity contribution in [1.82, 2.24) is 35.9 Å². The molecule has 0 radical (unpaired) electrons. The summed E-state index contributed by atoms with van der Waals surface area (Å²) in [6, 6.07) is 14.3. The number of rotatable bonds is 6. The summed E-state index contributed by atoms with van der Waals surface area (Å²) < 4.78 is 1.86. The van der Waals surface area contributed by atoms with E-state index in [1.165, 1.54) is 0 Å². The zero-order valence-corrected chi connectivity index (χ0v) is 28.2. The molecule has 4 N–H and O–H groups in total. The summed E-state index contributed by atoms with van der Waals surface area (Å²) in [4.78, 5) is 55.8. The van der Waals surface area contributed by atoms with Crippen LogP contribution in [0.15, 0.2) is 60.8 Å². The van der Waals surface area contributed by atoms with Crippen LogP contribution in [0.3, 0.4) is 0 Å². The highest BCUT2D eigenvalue weighted by molar-refractivity contribution is 5.98. The van der Waals surface area contributed by atoms with E-state index in [-0.39, 0.29) is 24.2 Å². The lowest BCUT2D eigenvalue weighted by Crippen LogP contribution is -2.57. The van der Waals surface area contributed by atoms with Gasteiger partial charge in [0.05, 0.1) is 6.20 Å². The van der Waals surface area contributed by atoms with E-state index in [1.807, 2.05) is 74.2 Å². The average molecular weight is 644 g/mol. The van der Waals surface area contributed by atoms with Crippen molar-refractivity contribution in [3.8, 4) is 0 Å². The first-order valence-corrected chi connectivity index (χ1v) is 16.5. The minimum atomic E-state index is -0.930. The van der Waals surface area contributed by atoms with Crippen molar-refractivity contribution in [3.05, 3.63) is 88.7 Å². The number of hydrogen-bond acceptors (Lipinski definition) is 6. The highest BCUT2D eigenvalue weighted by Crippen LogP contribution is 2.16. The fraction of sp³-hybridized carbons (Fsp3) is 0.472. The first-order chi connectivity index (χ1) is 22.5. The number of aromatic nitrogens is 2. The molecule has 4 amide bonds. The Hall–Kier alpha value is -4.51. The summed E-state index contributed by atoms with van der Waals surface area (Å²) in [6.07, 6.45) is 4.13. The Morgan fingerprint density at radius 1 is 0.872 bits per heavy atom. The van der Waals surface area contributed by atoms with Crippen LogP contribution in [0.4, 0.5) is 0 Å². The second-order valence-electron chi connectivity index (χ2n) is 12.9. The number of benzene rings is 2. The van der Waals surface area contributed by atoms with E-state index >= 15 is 0 Å². The van der Waals surface area contributed by atoms with Crippen LogP contribution in [-0.2, 0) is 40.9 Å². The van der Waals surface area contributed by atoms with Gasteiger partial charge in [0.15, 0.2) is 0 Å². The molecule has 0 fully saturated rings. The summed E-state index contributed by atoms with van der Waals surface area (Å²) in [5, 5.41) is 15.9. The Bertz CT molecular complexity index is 1500. The summed E-state index contributed by atoms with van der Waals surface area (Å²) in [5.74, 6) is -1.48. The van der Waals surface area contributed by atoms with Gasteiger partial charge in [0.1, 0.15) is 18.1 Å². The van der Waals surface area contributed by atoms with Gasteiger partial charge in [-0.1, -0.05) is 56.3 Å². The summed E-state index contributed by atoms with van der Waals surface area (Å²) in [6.45, 7) is 10.3. The highest BCUT2D eigenvalue weighted by atomic mass is 16.2. The molecule has 0 aliphatic carbocycles. The minimum absolute atomic E-state index is 0.0898. The summed E-state index contributed by atoms with van der Waals surface area (Å²) in [7, 11) is 1.93. The van der Waals surface area contributed by atoms with Crippen molar-refractivity contribution in [2.24, 2.45) is 13.0 Å². The third-order valence-corrected chi connectivity index (χ3v) is 8.55. The van der Waals surface area contributed by atoms with Crippen molar-refractivity contribution >= 4 is 23.6 Å². The molecule has 0 unspecified atom stereocenters. The summed E-state index contributed by atoms with van der Waals surface area (Å²) >= 11 is 0. The quantitative estimate of drug-likeness (QED) is 0.305. The predicted molar refractivity (Wildman–Crippen MR) is 181 cm³/mol. The van der Waals surface area contributed by atoms with Gasteiger partial charge in [0.2, 0.25) is 17.7 Å². The number of carbonyl (C=O) groups is 4. The number of aryl methyl sites for hydroxylation is 1. The molecule has 252 valence electrons. The van der Waals surface area contributed by atoms with Gasteiger partial charge >= 0.3 is 0 Å². The topological polar surface area (TPSA) is 137 Å². The van der Waals surface area contributed by atoms with Gasteiger partial charge in [-0.05, 0) is 68.8 Å². The third-order valence-electron chi connectivity index (χ3n) is 8.55. The minimum Gasteiger partial charge on any atom is -0.354 e. The average Bonchev–Trinajstić information content (AvgIpc) is 3.36. The van der Waals surface area contributed by atoms with E-state index in [1.54, 1.807) is 19.1 Å². The predicted octanol–water partition coefficient (Wildman–Crippen LogP) is 3.02. The molecule has 2 aromatic carbocycles. The number of nitrogens with zero attached hydrogens (tertiary/aromatic N) is 3. The molecule has 5 rings (SSSR count). The maximum absolute atomic E-state index is 13.7. The van der Waals surface area contributed by atoms with Crippen molar-refractivity contribution < 1.29 is 19.2 Å². The second-order valence-corrected chi connectivity index (χ2v) is 12.9. The van der Waals surface area contributed by atoms with Gasteiger partial charge in [0.25, 0.3) is 5.91 Å². The van der Waals surface area contributed by atoms with Crippen LogP contribution in [0.2, 0.25) is 0 Å². The Kier molecular flexibility index (Phi) is 12.7. The molecule has 2 aliphatic heterocycles. The summed E-state index contributed by atoms with van der Waals surface area (Å²) in [5.41, 5.74) is 4.61. The molecule has 2 aliphatic rings. The third kappa shape index (κ3) is 10.5. The zero-order valence-electron chi connectivity index (χ0n) is 28.2. The molecule has 47 heavy (non-hydrogen) atoms. The van der Waals surface area contributed by atoms with Crippen molar-refractivity contribution in [1.29, 1.82) is 0 Å². The van der Waals surface area contributed by atoms with Gasteiger partial charge in [-0.3, -0.25) is 28.8 Å². The zero-order chi connectivity index (χ0) is 33.9. The van der Waals surface area contributed by atoms with E-state index in [2.05, 4.69) is 38.2 Å². The molecule has 2 bridgehead atoms. The van der Waals surface area contributed by atoms with Crippen LogP contribution in [0.5, 0.6) is 0 Å². The molecular weight excluding hydrogens is 594 g/mol. The van der Waals surface area contributed by atoms with Crippen molar-refractivity contribution in [2.75, 3.05) is 13.1 Å². The SMILES string of the molecule is Cc1c(CN2CCCCNC(=O)[C@@H](C)NC(=O)[C@H](CC(C)C)NC(=O)[C@@H](Cc3ccccc3)NC(=O)c3ccc(cc3)C2)cnn1C. The smallest absolute Gasteiger partial charge is 0.251 e. The van der Waals surface area contributed by atoms with Crippen molar-refractivity contribution in [2.45, 2.75) is 84.6 Å². The molecular formula is C36H49N7O4. The number of amides is 4. The standard InChI is InChI=1S/C36H49N7O4/c1-24(2)19-31-35(46)39-25(3)33(44)37-17-9-10-18-43(23-30-21-38-42(5)26(30)4)22-28-13-15-29(16-14-28)34(45)40-32(36(47)41-31)20-27-11-7-6-8-12-27/h6-8,11-16,21,24-25,31-32H,9-10,17-20,22-23H2,1-5H3,(H,37,44)(H,39,46)(H,40,45)(H,41,47)/t25-,31+,32-/m1/s1. The second kappa shape index (κ2) is 16.9. The van der Waals surface area contributed by atoms with E-state index in [4.69, 9.17) is 0 Å². The molecule has 3 heterocycles. The number of carbonyl (C=O) groups excluding carboxylic acids is 4. The Morgan fingerprint density at radius 3 is 2.23 bits per heavy atom. The van der Waals surface area contributed by atoms with E-state index < -0.39 is 29.9 Å². The van der Waals surface area contributed by atoms with Crippen LogP contribution in [0.25, 0.3) is 0 Å². The van der Waals surface area contributed by atoms with Crippen LogP contribution in [-0.4, -0.2) is 69.5 Å². The van der Waals surface area contributed by atoms with Gasteiger partial charge in [-0.25, -0.2) is 0 Å². The van der Waals surface area contributed by atoms with E-state index in [9.17, 15) is 19.2 Å². The fourth-order valence-electron chi connectivity index (χ4n) is 5.65. The monoisotopic (exact) mass is 643 g/mol. The van der Waals surface area contributed by atoms with Crippen LogP contribution < -0.4 is 21.3 Å². The molecule has 0 saturated heterocycles. The van der Waals surface area contributed by atoms with Crippen molar-refractivity contribution in [3.63, 3.8) is 0 Å². The molecule has 0 spiro atoms. The van der Waals surface area contributed by atoms with Crippen LogP contribution >= 0.6 is 0 Å². The molecule has 3 atom stereocenters. The molecule has 3 aromatic rings. The number of fused-ring (bicyclic) bond motifs is 18. The Balaban J connectivity index is 1.60.